The molecule has 5 nitrogen and oxygen atoms in total. The zero-order valence-electron chi connectivity index (χ0n) is 10.1. The number of methoxy groups -OCH3 is 1. The van der Waals surface area contributed by atoms with Crippen LogP contribution in [-0.2, 0) is 9.53 Å². The number of ether oxygens (including phenoxy) is 1. The summed E-state index contributed by atoms with van der Waals surface area (Å²) >= 11 is 0. The lowest BCUT2D eigenvalue weighted by atomic mass is 10.2. The van der Waals surface area contributed by atoms with E-state index in [0.29, 0.717) is 5.56 Å². The Morgan fingerprint density at radius 3 is 2.12 bits per heavy atom. The van der Waals surface area contributed by atoms with Crippen molar-refractivity contribution in [3.8, 4) is 5.75 Å². The van der Waals surface area contributed by atoms with Crippen LogP contribution in [0.15, 0.2) is 30.0 Å². The summed E-state index contributed by atoms with van der Waals surface area (Å²) in [6.45, 7) is 0. The molecule has 3 N–H and O–H groups in total. The Labute approximate surface area is 100 Å². The van der Waals surface area contributed by atoms with Crippen molar-refractivity contribution in [1.82, 2.24) is 5.32 Å². The zero-order valence-corrected chi connectivity index (χ0v) is 10.1. The van der Waals surface area contributed by atoms with Gasteiger partial charge in [0.2, 0.25) is 5.76 Å². The van der Waals surface area contributed by atoms with Gasteiger partial charge in [-0.15, -0.1) is 0 Å². The largest absolute Gasteiger partial charge is 0.508 e. The van der Waals surface area contributed by atoms with Crippen LogP contribution in [0.5, 0.6) is 5.75 Å². The number of aliphatic carboxylic acids is 1. The van der Waals surface area contributed by atoms with Gasteiger partial charge in [-0.05, 0) is 37.9 Å². The maximum Gasteiger partial charge on any atom is 0.371 e. The fourth-order valence-electron chi connectivity index (χ4n) is 0.930. The highest BCUT2D eigenvalue weighted by atomic mass is 16.5. The van der Waals surface area contributed by atoms with Gasteiger partial charge in [0.05, 0.1) is 7.11 Å². The molecule has 0 aliphatic rings. The molecule has 0 heterocycles. The molecule has 0 unspecified atom stereocenters. The van der Waals surface area contributed by atoms with Crippen LogP contribution in [0.25, 0.3) is 6.08 Å². The number of hydrogen-bond donors (Lipinski definition) is 3. The predicted octanol–water partition coefficient (Wildman–Crippen LogP) is 1.30. The van der Waals surface area contributed by atoms with Crippen LogP contribution >= 0.6 is 0 Å². The van der Waals surface area contributed by atoms with Crippen molar-refractivity contribution < 1.29 is 19.7 Å². The Balaban J connectivity index is 0.000000770. The van der Waals surface area contributed by atoms with Crippen LogP contribution in [-0.4, -0.2) is 37.4 Å². The molecule has 1 aromatic rings. The minimum absolute atomic E-state index is 0.136. The number of phenolic OH excluding ortho intramolecular Hbond substituents is 1. The average Bonchev–Trinajstić information content (AvgIpc) is 2.29. The Hall–Kier alpha value is -2.01. The summed E-state index contributed by atoms with van der Waals surface area (Å²) in [5, 5.41) is 20.4. The molecule has 0 fully saturated rings. The number of phenols is 1. The second-order valence-corrected chi connectivity index (χ2v) is 3.11. The normalized spacial score (nSPS) is 10.2. The van der Waals surface area contributed by atoms with E-state index in [1.54, 1.807) is 12.1 Å². The summed E-state index contributed by atoms with van der Waals surface area (Å²) in [7, 11) is 5.04. The van der Waals surface area contributed by atoms with Crippen molar-refractivity contribution >= 4 is 12.0 Å². The van der Waals surface area contributed by atoms with Crippen LogP contribution in [0, 0.1) is 0 Å². The molecule has 0 saturated carbocycles. The molecule has 0 bridgehead atoms. The number of carboxylic acid groups (broad SMARTS) is 1. The van der Waals surface area contributed by atoms with Crippen LogP contribution in [0.4, 0.5) is 0 Å². The van der Waals surface area contributed by atoms with Crippen molar-refractivity contribution in [3.63, 3.8) is 0 Å². The molecular weight excluding hydrogens is 222 g/mol. The van der Waals surface area contributed by atoms with Gasteiger partial charge in [-0.25, -0.2) is 4.79 Å². The third-order valence-electron chi connectivity index (χ3n) is 1.62. The van der Waals surface area contributed by atoms with Crippen molar-refractivity contribution in [1.29, 1.82) is 0 Å². The van der Waals surface area contributed by atoms with Crippen LogP contribution in [0.3, 0.4) is 0 Å². The highest BCUT2D eigenvalue weighted by Gasteiger charge is 2.05. The van der Waals surface area contributed by atoms with Gasteiger partial charge < -0.3 is 20.3 Å². The summed E-state index contributed by atoms with van der Waals surface area (Å²) < 4.78 is 4.64. The summed E-state index contributed by atoms with van der Waals surface area (Å²) in [4.78, 5) is 10.6. The van der Waals surface area contributed by atoms with Crippen LogP contribution in [0.1, 0.15) is 5.56 Å². The lowest BCUT2D eigenvalue weighted by Crippen LogP contribution is -2.01. The molecule has 0 spiro atoms. The smallest absolute Gasteiger partial charge is 0.371 e. The van der Waals surface area contributed by atoms with E-state index >= 15 is 0 Å². The van der Waals surface area contributed by atoms with Crippen molar-refractivity contribution in [2.45, 2.75) is 0 Å². The first kappa shape index (κ1) is 15.0. The first-order valence-corrected chi connectivity index (χ1v) is 4.91. The van der Waals surface area contributed by atoms with Gasteiger partial charge in [0, 0.05) is 0 Å². The first-order chi connectivity index (χ1) is 8.04. The van der Waals surface area contributed by atoms with Gasteiger partial charge in [0.15, 0.2) is 0 Å². The maximum atomic E-state index is 10.6. The van der Waals surface area contributed by atoms with E-state index in [0.717, 1.165) is 0 Å². The fourth-order valence-corrected chi connectivity index (χ4v) is 0.930. The molecule has 0 aliphatic carbocycles. The monoisotopic (exact) mass is 239 g/mol. The third-order valence-corrected chi connectivity index (χ3v) is 1.62. The number of rotatable bonds is 3. The first-order valence-electron chi connectivity index (χ1n) is 4.91. The molecule has 0 saturated heterocycles. The number of hydrogen-bond acceptors (Lipinski definition) is 4. The molecular formula is C12H17NO4. The average molecular weight is 239 g/mol. The second kappa shape index (κ2) is 8.18. The Bertz CT molecular complexity index is 371. The number of nitrogens with one attached hydrogen (secondary N) is 1. The van der Waals surface area contributed by atoms with E-state index in [1.807, 2.05) is 14.1 Å². The van der Waals surface area contributed by atoms with Gasteiger partial charge in [0.25, 0.3) is 0 Å². The molecule has 17 heavy (non-hydrogen) atoms. The molecule has 1 aromatic carbocycles. The zero-order chi connectivity index (χ0) is 13.3. The van der Waals surface area contributed by atoms with E-state index in [1.165, 1.54) is 25.3 Å². The minimum Gasteiger partial charge on any atom is -0.508 e. The van der Waals surface area contributed by atoms with Gasteiger partial charge in [-0.2, -0.15) is 0 Å². The molecule has 0 radical (unpaired) electrons. The third kappa shape index (κ3) is 6.21. The second-order valence-electron chi connectivity index (χ2n) is 3.11. The number of carbonyl (C=O) groups is 1. The highest BCUT2D eigenvalue weighted by Crippen LogP contribution is 2.12. The Morgan fingerprint density at radius 1 is 1.29 bits per heavy atom. The quantitative estimate of drug-likeness (QED) is 0.547. The fraction of sp³-hybridized carbons (Fsp3) is 0.250. The molecule has 0 amide bonds. The van der Waals surface area contributed by atoms with E-state index in [2.05, 4.69) is 10.1 Å². The van der Waals surface area contributed by atoms with Gasteiger partial charge in [-0.1, -0.05) is 12.1 Å². The van der Waals surface area contributed by atoms with Crippen molar-refractivity contribution in [2.75, 3.05) is 21.2 Å². The lowest BCUT2D eigenvalue weighted by molar-refractivity contribution is -0.135. The molecule has 1 rings (SSSR count). The maximum absolute atomic E-state index is 10.6. The summed E-state index contributed by atoms with van der Waals surface area (Å²) in [6.07, 6.45) is 1.38. The van der Waals surface area contributed by atoms with E-state index in [9.17, 15) is 4.79 Å². The molecule has 0 atom stereocenters. The SMILES string of the molecule is CNC.CO/C(=C\c1ccc(O)cc1)C(=O)O. The van der Waals surface area contributed by atoms with Gasteiger partial charge in [-0.3, -0.25) is 0 Å². The number of aromatic hydroxyl groups is 1. The molecule has 0 aliphatic heterocycles. The van der Waals surface area contributed by atoms with Crippen molar-refractivity contribution in [2.24, 2.45) is 0 Å². The molecule has 94 valence electrons. The van der Waals surface area contributed by atoms with Gasteiger partial charge >= 0.3 is 5.97 Å². The number of benzene rings is 1. The summed E-state index contributed by atoms with van der Waals surface area (Å²) in [5.74, 6) is -1.13. The summed E-state index contributed by atoms with van der Waals surface area (Å²) in [6, 6.07) is 6.14. The van der Waals surface area contributed by atoms with Crippen LogP contribution < -0.4 is 5.32 Å². The number of carboxylic acids is 1. The molecule has 0 aromatic heterocycles. The molecule has 5 heteroatoms. The lowest BCUT2D eigenvalue weighted by Gasteiger charge is -2.00. The van der Waals surface area contributed by atoms with E-state index < -0.39 is 5.97 Å². The van der Waals surface area contributed by atoms with Crippen molar-refractivity contribution in [3.05, 3.63) is 35.6 Å². The topological polar surface area (TPSA) is 78.8 Å². The van der Waals surface area contributed by atoms with E-state index in [-0.39, 0.29) is 11.5 Å². The van der Waals surface area contributed by atoms with Gasteiger partial charge in [0.1, 0.15) is 5.75 Å². The Kier molecular flexibility index (Phi) is 7.21. The predicted molar refractivity (Wildman–Crippen MR) is 65.7 cm³/mol. The van der Waals surface area contributed by atoms with E-state index in [4.69, 9.17) is 10.2 Å². The Morgan fingerprint density at radius 2 is 1.76 bits per heavy atom. The standard InChI is InChI=1S/C10H10O4.C2H7N/c1-14-9(10(12)13)6-7-2-4-8(11)5-3-7;1-3-2/h2-6,11H,1H3,(H,12,13);3H,1-2H3/b9-6-;. The summed E-state index contributed by atoms with van der Waals surface area (Å²) in [5.41, 5.74) is 0.655. The highest BCUT2D eigenvalue weighted by molar-refractivity contribution is 5.89. The minimum atomic E-state index is -1.12. The van der Waals surface area contributed by atoms with Crippen LogP contribution in [0.2, 0.25) is 0 Å².